The molecule has 1 amide bonds. The van der Waals surface area contributed by atoms with E-state index in [2.05, 4.69) is 5.32 Å². The summed E-state index contributed by atoms with van der Waals surface area (Å²) < 4.78 is 51.7. The Morgan fingerprint density at radius 1 is 1.18 bits per heavy atom. The molecule has 2 atom stereocenters. The first-order valence-corrected chi connectivity index (χ1v) is 11.2. The van der Waals surface area contributed by atoms with E-state index in [-0.39, 0.29) is 24.7 Å². The number of amides is 1. The molecule has 1 heterocycles. The fourth-order valence-corrected chi connectivity index (χ4v) is 4.24. The molecule has 182 valence electrons. The number of nitrogens with one attached hydrogen (secondary N) is 1. The number of aromatic nitrogens is 1. The highest BCUT2D eigenvalue weighted by Gasteiger charge is 2.41. The predicted octanol–water partition coefficient (Wildman–Crippen LogP) is 6.52. The number of hydrogen-bond acceptors (Lipinski definition) is 4. The van der Waals surface area contributed by atoms with Gasteiger partial charge in [-0.1, -0.05) is 12.8 Å². The van der Waals surface area contributed by atoms with E-state index >= 15 is 0 Å². The van der Waals surface area contributed by atoms with Gasteiger partial charge in [0.1, 0.15) is 11.4 Å². The lowest BCUT2D eigenvalue weighted by Gasteiger charge is -2.30. The molecule has 0 radical (unpaired) electrons. The summed E-state index contributed by atoms with van der Waals surface area (Å²) in [6, 6.07) is 5.10. The van der Waals surface area contributed by atoms with Gasteiger partial charge in [0.2, 0.25) is 5.91 Å². The van der Waals surface area contributed by atoms with Crippen LogP contribution in [0.3, 0.4) is 0 Å². The lowest BCUT2D eigenvalue weighted by atomic mass is 9.80. The number of halogens is 3. The molecule has 1 fully saturated rings. The highest BCUT2D eigenvalue weighted by Crippen LogP contribution is 2.41. The summed E-state index contributed by atoms with van der Waals surface area (Å²) in [4.78, 5) is 24.3. The Balaban J connectivity index is 1.73. The van der Waals surface area contributed by atoms with Crippen LogP contribution in [-0.2, 0) is 9.53 Å². The van der Waals surface area contributed by atoms with E-state index in [0.717, 1.165) is 6.42 Å². The lowest BCUT2D eigenvalue weighted by molar-refractivity contribution is -0.186. The minimum absolute atomic E-state index is 0.0164. The Kier molecular flexibility index (Phi) is 7.29. The molecule has 1 aromatic heterocycles. The van der Waals surface area contributed by atoms with Gasteiger partial charge in [0, 0.05) is 18.5 Å². The normalized spacial score (nSPS) is 19.4. The fraction of sp³-hybridized carbons (Fsp3) is 0.583. The molecule has 6 nitrogen and oxygen atoms in total. The van der Waals surface area contributed by atoms with Crippen LogP contribution in [0, 0.1) is 11.8 Å². The molecule has 0 spiro atoms. The van der Waals surface area contributed by atoms with Gasteiger partial charge in [0.05, 0.1) is 23.7 Å². The Hall–Kier alpha value is -2.71. The average molecular weight is 469 g/mol. The van der Waals surface area contributed by atoms with Gasteiger partial charge in [-0.2, -0.15) is 13.2 Å². The quantitative estimate of drug-likeness (QED) is 0.542. The monoisotopic (exact) mass is 468 g/mol. The summed E-state index contributed by atoms with van der Waals surface area (Å²) >= 11 is 0. The molecule has 3 rings (SSSR count). The minimum atomic E-state index is -4.13. The maximum absolute atomic E-state index is 13.0. The van der Waals surface area contributed by atoms with E-state index < -0.39 is 23.8 Å². The van der Waals surface area contributed by atoms with Crippen molar-refractivity contribution in [3.05, 3.63) is 24.4 Å². The Morgan fingerprint density at radius 3 is 2.55 bits per heavy atom. The zero-order valence-electron chi connectivity index (χ0n) is 19.4. The first-order chi connectivity index (χ1) is 15.3. The number of ether oxygens (including phenoxy) is 2. The van der Waals surface area contributed by atoms with Crippen molar-refractivity contribution in [1.82, 2.24) is 4.57 Å². The molecule has 0 aliphatic heterocycles. The van der Waals surface area contributed by atoms with Crippen molar-refractivity contribution in [2.75, 3.05) is 11.9 Å². The summed E-state index contributed by atoms with van der Waals surface area (Å²) in [5, 5.41) is 3.31. The molecule has 0 bridgehead atoms. The molecule has 1 aliphatic carbocycles. The third-order valence-electron chi connectivity index (χ3n) is 5.72. The average Bonchev–Trinajstić information content (AvgIpc) is 3.04. The molecular weight excluding hydrogens is 437 g/mol. The Bertz CT molecular complexity index is 1010. The zero-order valence-corrected chi connectivity index (χ0v) is 19.4. The van der Waals surface area contributed by atoms with E-state index in [9.17, 15) is 22.8 Å². The van der Waals surface area contributed by atoms with Gasteiger partial charge < -0.3 is 14.8 Å². The molecule has 2 aromatic rings. The van der Waals surface area contributed by atoms with E-state index in [1.165, 1.54) is 17.7 Å². The van der Waals surface area contributed by atoms with Crippen molar-refractivity contribution >= 4 is 28.6 Å². The number of rotatable bonds is 5. The van der Waals surface area contributed by atoms with Gasteiger partial charge in [-0.3, -0.25) is 9.36 Å². The second-order valence-corrected chi connectivity index (χ2v) is 9.66. The zero-order chi connectivity index (χ0) is 24.4. The van der Waals surface area contributed by atoms with Crippen molar-refractivity contribution in [2.45, 2.75) is 71.6 Å². The van der Waals surface area contributed by atoms with Crippen molar-refractivity contribution in [1.29, 1.82) is 0 Å². The fourth-order valence-electron chi connectivity index (χ4n) is 4.24. The van der Waals surface area contributed by atoms with Crippen LogP contribution in [-0.4, -0.2) is 35.0 Å². The van der Waals surface area contributed by atoms with Crippen molar-refractivity contribution in [3.8, 4) is 5.75 Å². The molecule has 1 aromatic carbocycles. The number of nitrogens with zero attached hydrogens (tertiary/aromatic N) is 1. The molecule has 0 saturated heterocycles. The summed E-state index contributed by atoms with van der Waals surface area (Å²) in [7, 11) is 0. The number of benzene rings is 1. The van der Waals surface area contributed by atoms with Gasteiger partial charge in [0.25, 0.3) is 0 Å². The van der Waals surface area contributed by atoms with Crippen molar-refractivity contribution < 1.29 is 32.2 Å². The molecule has 33 heavy (non-hydrogen) atoms. The van der Waals surface area contributed by atoms with E-state index in [1.807, 2.05) is 0 Å². The summed E-state index contributed by atoms with van der Waals surface area (Å²) in [6.45, 7) is 6.96. The minimum Gasteiger partial charge on any atom is -0.494 e. The third-order valence-corrected chi connectivity index (χ3v) is 5.72. The predicted molar refractivity (Wildman–Crippen MR) is 119 cm³/mol. The maximum atomic E-state index is 13.0. The van der Waals surface area contributed by atoms with Crippen molar-refractivity contribution in [2.24, 2.45) is 11.8 Å². The van der Waals surface area contributed by atoms with Crippen LogP contribution in [0.25, 0.3) is 10.9 Å². The molecule has 9 heteroatoms. The van der Waals surface area contributed by atoms with E-state index in [0.29, 0.717) is 41.8 Å². The summed E-state index contributed by atoms with van der Waals surface area (Å²) in [5.74, 6) is -1.02. The van der Waals surface area contributed by atoms with Gasteiger partial charge in [-0.05, 0) is 64.2 Å². The number of carbonyl (C=O) groups excluding carboxylic acids is 2. The van der Waals surface area contributed by atoms with E-state index in [1.54, 1.807) is 39.0 Å². The van der Waals surface area contributed by atoms with Crippen LogP contribution in [0.15, 0.2) is 24.4 Å². The first-order valence-electron chi connectivity index (χ1n) is 11.2. The maximum Gasteiger partial charge on any atom is 0.419 e. The SMILES string of the molecule is CC(=O)Nc1cn(C(=O)OC(C)(C)C)c2ccc(OCCC3CCCC(C(F)(F)F)C3)cc12. The number of anilines is 1. The summed E-state index contributed by atoms with van der Waals surface area (Å²) in [6.07, 6.45) is -0.944. The second kappa shape index (κ2) is 9.65. The number of alkyl halides is 3. The molecule has 2 unspecified atom stereocenters. The van der Waals surface area contributed by atoms with Gasteiger partial charge >= 0.3 is 12.3 Å². The number of carbonyl (C=O) groups is 2. The summed E-state index contributed by atoms with van der Waals surface area (Å²) in [5.41, 5.74) is 0.296. The standard InChI is InChI=1S/C24H31F3N2O4/c1-15(30)28-20-14-29(22(31)33-23(2,3)4)21-9-8-18(13-19(20)21)32-11-10-16-6-5-7-17(12-16)24(25,26)27/h8-9,13-14,16-17H,5-7,10-12H2,1-4H3,(H,28,30). The van der Waals surface area contributed by atoms with Crippen LogP contribution < -0.4 is 10.1 Å². The number of fused-ring (bicyclic) bond motifs is 1. The molecule has 1 N–H and O–H groups in total. The van der Waals surface area contributed by atoms with Gasteiger partial charge in [-0.25, -0.2) is 4.79 Å². The highest BCUT2D eigenvalue weighted by molar-refractivity contribution is 6.04. The molecular formula is C24H31F3N2O4. The van der Waals surface area contributed by atoms with Crippen molar-refractivity contribution in [3.63, 3.8) is 0 Å². The number of hydrogen-bond donors (Lipinski definition) is 1. The van der Waals surface area contributed by atoms with Crippen LogP contribution >= 0.6 is 0 Å². The topological polar surface area (TPSA) is 69.6 Å². The Morgan fingerprint density at radius 2 is 1.91 bits per heavy atom. The van der Waals surface area contributed by atoms with Crippen LogP contribution in [0.1, 0.15) is 59.8 Å². The van der Waals surface area contributed by atoms with E-state index in [4.69, 9.17) is 9.47 Å². The van der Waals surface area contributed by atoms with Crippen LogP contribution in [0.4, 0.5) is 23.7 Å². The first kappa shape index (κ1) is 24.9. The van der Waals surface area contributed by atoms with Gasteiger partial charge in [0.15, 0.2) is 0 Å². The second-order valence-electron chi connectivity index (χ2n) is 9.66. The van der Waals surface area contributed by atoms with Gasteiger partial charge in [-0.15, -0.1) is 0 Å². The molecule has 1 aliphatic rings. The smallest absolute Gasteiger partial charge is 0.419 e. The third kappa shape index (κ3) is 6.65. The lowest BCUT2D eigenvalue weighted by Crippen LogP contribution is -2.29. The Labute approximate surface area is 191 Å². The largest absolute Gasteiger partial charge is 0.494 e. The van der Waals surface area contributed by atoms with Crippen LogP contribution in [0.2, 0.25) is 0 Å². The highest BCUT2D eigenvalue weighted by atomic mass is 19.4. The van der Waals surface area contributed by atoms with Crippen LogP contribution in [0.5, 0.6) is 5.75 Å². The molecule has 1 saturated carbocycles.